The van der Waals surface area contributed by atoms with Crippen LogP contribution in [0.15, 0.2) is 0 Å². The van der Waals surface area contributed by atoms with Gasteiger partial charge in [0.15, 0.2) is 11.6 Å². The number of aromatic hydroxyl groups is 3. The lowest BCUT2D eigenvalue weighted by Gasteiger charge is -2.06. The lowest BCUT2D eigenvalue weighted by Crippen LogP contribution is -2.05. The zero-order chi connectivity index (χ0) is 11.7. The largest absolute Gasteiger partial charge is 0.503 e. The molecule has 0 aromatic heterocycles. The monoisotopic (exact) mass is 224 g/mol. The molecule has 1 aromatic carbocycles. The SMILES string of the molecule is O=C(OF)c1c(O)c(O)c(O)c(F)c1F. The third-order valence-corrected chi connectivity index (χ3v) is 1.58. The van der Waals surface area contributed by atoms with Crippen LogP contribution < -0.4 is 0 Å². The van der Waals surface area contributed by atoms with Gasteiger partial charge in [0, 0.05) is 4.53 Å². The molecule has 0 saturated heterocycles. The van der Waals surface area contributed by atoms with Crippen molar-refractivity contribution < 1.29 is 38.4 Å². The summed E-state index contributed by atoms with van der Waals surface area (Å²) < 4.78 is 37.0. The van der Waals surface area contributed by atoms with Crippen LogP contribution in [0.3, 0.4) is 0 Å². The minimum Gasteiger partial charge on any atom is -0.503 e. The van der Waals surface area contributed by atoms with E-state index in [1.165, 1.54) is 0 Å². The van der Waals surface area contributed by atoms with Crippen LogP contribution in [-0.4, -0.2) is 21.3 Å². The van der Waals surface area contributed by atoms with E-state index in [0.29, 0.717) is 0 Å². The number of carbonyl (C=O) groups excluding carboxylic acids is 1. The van der Waals surface area contributed by atoms with E-state index in [1.54, 1.807) is 0 Å². The molecule has 0 unspecified atom stereocenters. The molecule has 0 aliphatic heterocycles. The van der Waals surface area contributed by atoms with Crippen molar-refractivity contribution in [2.45, 2.75) is 0 Å². The molecular weight excluding hydrogens is 221 g/mol. The van der Waals surface area contributed by atoms with E-state index < -0.39 is 40.4 Å². The molecular formula is C7H3F3O5. The maximum absolute atomic E-state index is 12.9. The van der Waals surface area contributed by atoms with Gasteiger partial charge in [0.1, 0.15) is 5.56 Å². The molecule has 0 bridgehead atoms. The first-order valence-corrected chi connectivity index (χ1v) is 3.36. The summed E-state index contributed by atoms with van der Waals surface area (Å²) in [5.41, 5.74) is -1.55. The molecule has 1 aromatic rings. The second-order valence-corrected chi connectivity index (χ2v) is 2.41. The molecule has 82 valence electrons. The van der Waals surface area contributed by atoms with E-state index in [1.807, 2.05) is 0 Å². The Morgan fingerprint density at radius 3 is 2.00 bits per heavy atom. The third-order valence-electron chi connectivity index (χ3n) is 1.58. The van der Waals surface area contributed by atoms with Crippen LogP contribution in [0.25, 0.3) is 0 Å². The average molecular weight is 224 g/mol. The summed E-state index contributed by atoms with van der Waals surface area (Å²) >= 11 is 0. The van der Waals surface area contributed by atoms with Crippen molar-refractivity contribution in [2.24, 2.45) is 0 Å². The van der Waals surface area contributed by atoms with Crippen molar-refractivity contribution >= 4 is 5.97 Å². The lowest BCUT2D eigenvalue weighted by atomic mass is 10.1. The Morgan fingerprint density at radius 2 is 1.53 bits per heavy atom. The molecule has 0 aliphatic carbocycles. The molecule has 5 nitrogen and oxygen atoms in total. The number of halogens is 3. The highest BCUT2D eigenvalue weighted by Crippen LogP contribution is 2.41. The van der Waals surface area contributed by atoms with Crippen molar-refractivity contribution in [3.63, 3.8) is 0 Å². The highest BCUT2D eigenvalue weighted by atomic mass is 19.3. The Labute approximate surface area is 79.9 Å². The zero-order valence-corrected chi connectivity index (χ0v) is 6.79. The fourth-order valence-corrected chi connectivity index (χ4v) is 0.877. The normalized spacial score (nSPS) is 10.1. The minimum absolute atomic E-state index is 1.49. The Bertz CT molecular complexity index is 402. The van der Waals surface area contributed by atoms with Gasteiger partial charge in [-0.3, -0.25) is 0 Å². The van der Waals surface area contributed by atoms with Gasteiger partial charge in [0.25, 0.3) is 0 Å². The van der Waals surface area contributed by atoms with Crippen molar-refractivity contribution in [1.29, 1.82) is 0 Å². The molecule has 8 heteroatoms. The first kappa shape index (κ1) is 11.0. The van der Waals surface area contributed by atoms with Gasteiger partial charge in [0.05, 0.1) is 0 Å². The van der Waals surface area contributed by atoms with Crippen molar-refractivity contribution in [3.05, 3.63) is 17.2 Å². The summed E-state index contributed by atoms with van der Waals surface area (Å²) in [7, 11) is 0. The van der Waals surface area contributed by atoms with Crippen LogP contribution in [-0.2, 0) is 4.94 Å². The first-order chi connectivity index (χ1) is 6.91. The van der Waals surface area contributed by atoms with E-state index in [9.17, 15) is 18.1 Å². The van der Waals surface area contributed by atoms with Crippen molar-refractivity contribution in [3.8, 4) is 17.2 Å². The van der Waals surface area contributed by atoms with Crippen LogP contribution in [0.4, 0.5) is 13.3 Å². The molecule has 0 amide bonds. The fourth-order valence-electron chi connectivity index (χ4n) is 0.877. The van der Waals surface area contributed by atoms with Gasteiger partial charge >= 0.3 is 5.97 Å². The smallest absolute Gasteiger partial charge is 0.386 e. The number of phenolic OH excluding ortho intramolecular Hbond substituents is 3. The Morgan fingerprint density at radius 1 is 1.00 bits per heavy atom. The molecule has 15 heavy (non-hydrogen) atoms. The standard InChI is InChI=1S/C7H3F3O5/c8-2-1(7(14)15-10)4(11)6(13)5(12)3(2)9/h11-13H. The van der Waals surface area contributed by atoms with Crippen LogP contribution in [0.5, 0.6) is 17.2 Å². The van der Waals surface area contributed by atoms with Crippen LogP contribution in [0.2, 0.25) is 0 Å². The number of carbonyl (C=O) groups is 1. The molecule has 1 rings (SSSR count). The highest BCUT2D eigenvalue weighted by Gasteiger charge is 2.29. The van der Waals surface area contributed by atoms with Gasteiger partial charge in [-0.2, -0.15) is 4.39 Å². The molecule has 0 aliphatic rings. The first-order valence-electron chi connectivity index (χ1n) is 3.36. The maximum atomic E-state index is 12.9. The average Bonchev–Trinajstić information content (AvgIpc) is 2.23. The van der Waals surface area contributed by atoms with E-state index in [0.717, 1.165) is 0 Å². The molecule has 3 N–H and O–H groups in total. The molecule has 0 fully saturated rings. The van der Waals surface area contributed by atoms with Crippen LogP contribution in [0.1, 0.15) is 10.4 Å². The van der Waals surface area contributed by atoms with Crippen LogP contribution in [0, 0.1) is 11.6 Å². The van der Waals surface area contributed by atoms with Gasteiger partial charge < -0.3 is 15.3 Å². The number of phenols is 3. The van der Waals surface area contributed by atoms with Gasteiger partial charge in [-0.15, -0.1) is 0 Å². The van der Waals surface area contributed by atoms with E-state index >= 15 is 0 Å². The number of rotatable bonds is 1. The van der Waals surface area contributed by atoms with Gasteiger partial charge in [-0.1, -0.05) is 0 Å². The third kappa shape index (κ3) is 1.49. The zero-order valence-electron chi connectivity index (χ0n) is 6.79. The summed E-state index contributed by atoms with van der Waals surface area (Å²) in [4.78, 5) is 13.1. The summed E-state index contributed by atoms with van der Waals surface area (Å²) in [5.74, 6) is -10.7. The lowest BCUT2D eigenvalue weighted by molar-refractivity contribution is -0.0794. The number of benzene rings is 1. The predicted octanol–water partition coefficient (Wildman–Crippen LogP) is 1.12. The quantitative estimate of drug-likeness (QED) is 0.622. The second kappa shape index (κ2) is 3.56. The molecule has 0 spiro atoms. The van der Waals surface area contributed by atoms with Gasteiger partial charge in [-0.05, 0) is 0 Å². The molecule has 0 heterocycles. The van der Waals surface area contributed by atoms with Crippen molar-refractivity contribution in [1.82, 2.24) is 0 Å². The second-order valence-electron chi connectivity index (χ2n) is 2.41. The molecule has 0 atom stereocenters. The Hall–Kier alpha value is -2.12. The predicted molar refractivity (Wildman–Crippen MR) is 37.9 cm³/mol. The minimum atomic E-state index is -2.04. The highest BCUT2D eigenvalue weighted by molar-refractivity contribution is 5.94. The van der Waals surface area contributed by atoms with Gasteiger partial charge in [-0.25, -0.2) is 14.1 Å². The summed E-state index contributed by atoms with van der Waals surface area (Å²) in [6.45, 7) is 0. The Kier molecular flexibility index (Phi) is 2.60. The number of hydrogen-bond acceptors (Lipinski definition) is 5. The molecule has 0 radical (unpaired) electrons. The Balaban J connectivity index is 3.60. The molecule has 0 saturated carbocycles. The fraction of sp³-hybridized carbons (Fsp3) is 0. The topological polar surface area (TPSA) is 87.0 Å². The van der Waals surface area contributed by atoms with Gasteiger partial charge in [0.2, 0.25) is 17.3 Å². The summed E-state index contributed by atoms with van der Waals surface area (Å²) in [5, 5.41) is 26.4. The summed E-state index contributed by atoms with van der Waals surface area (Å²) in [6, 6.07) is 0. The van der Waals surface area contributed by atoms with Crippen molar-refractivity contribution in [2.75, 3.05) is 0 Å². The summed E-state index contributed by atoms with van der Waals surface area (Å²) in [6.07, 6.45) is 0. The van der Waals surface area contributed by atoms with E-state index in [2.05, 4.69) is 4.94 Å². The van der Waals surface area contributed by atoms with Crippen LogP contribution >= 0.6 is 0 Å². The maximum Gasteiger partial charge on any atom is 0.386 e. The van der Waals surface area contributed by atoms with E-state index in [4.69, 9.17) is 15.3 Å². The van der Waals surface area contributed by atoms with E-state index in [-0.39, 0.29) is 0 Å². The number of hydrogen-bond donors (Lipinski definition) is 3.